The Balaban J connectivity index is 2.66. The summed E-state index contributed by atoms with van der Waals surface area (Å²) in [5.41, 5.74) is 0.486. The van der Waals surface area contributed by atoms with Crippen molar-refractivity contribution in [3.63, 3.8) is 0 Å². The summed E-state index contributed by atoms with van der Waals surface area (Å²) in [7, 11) is -3.60. The maximum Gasteiger partial charge on any atom is 0.244 e. The number of aromatic nitrogens is 2. The second-order valence-electron chi connectivity index (χ2n) is 4.36. The van der Waals surface area contributed by atoms with Crippen LogP contribution < -0.4 is 4.72 Å². The van der Waals surface area contributed by atoms with Crippen LogP contribution in [-0.4, -0.2) is 36.4 Å². The Bertz CT molecular complexity index is 466. The Morgan fingerprint density at radius 3 is 2.50 bits per heavy atom. The largest absolute Gasteiger partial charge is 0.391 e. The fourth-order valence-electron chi connectivity index (χ4n) is 1.88. The second kappa shape index (κ2) is 6.31. The molecule has 6 nitrogen and oxygen atoms in total. The number of H-pyrrole nitrogens is 1. The lowest BCUT2D eigenvalue weighted by Gasteiger charge is -2.20. The Morgan fingerprint density at radius 2 is 2.06 bits per heavy atom. The van der Waals surface area contributed by atoms with Gasteiger partial charge in [-0.2, -0.15) is 5.10 Å². The van der Waals surface area contributed by atoms with E-state index in [0.717, 1.165) is 12.8 Å². The van der Waals surface area contributed by atoms with Gasteiger partial charge in [0.1, 0.15) is 4.90 Å². The van der Waals surface area contributed by atoms with E-state index in [0.29, 0.717) is 5.69 Å². The van der Waals surface area contributed by atoms with Crippen LogP contribution in [0.2, 0.25) is 0 Å². The summed E-state index contributed by atoms with van der Waals surface area (Å²) in [6.07, 6.45) is 2.25. The molecule has 0 aliphatic heterocycles. The average molecular weight is 275 g/mol. The van der Waals surface area contributed by atoms with E-state index in [9.17, 15) is 13.5 Å². The summed E-state index contributed by atoms with van der Waals surface area (Å²) < 4.78 is 26.3. The number of nitrogens with one attached hydrogen (secondary N) is 2. The highest BCUT2D eigenvalue weighted by molar-refractivity contribution is 7.89. The maximum atomic E-state index is 11.9. The van der Waals surface area contributed by atoms with Crippen molar-refractivity contribution >= 4 is 10.0 Å². The molecule has 0 saturated carbocycles. The predicted molar refractivity (Wildman–Crippen MR) is 68.6 cm³/mol. The maximum absolute atomic E-state index is 11.9. The van der Waals surface area contributed by atoms with Crippen molar-refractivity contribution in [3.8, 4) is 0 Å². The number of sulfonamides is 1. The van der Waals surface area contributed by atoms with Crippen molar-refractivity contribution in [2.24, 2.45) is 5.92 Å². The minimum Gasteiger partial charge on any atom is -0.391 e. The molecule has 7 heteroatoms. The molecule has 1 unspecified atom stereocenters. The predicted octanol–water partition coefficient (Wildman–Crippen LogP) is 0.794. The van der Waals surface area contributed by atoms with E-state index in [1.165, 1.54) is 6.20 Å². The molecule has 18 heavy (non-hydrogen) atoms. The molecule has 0 aliphatic rings. The van der Waals surface area contributed by atoms with Gasteiger partial charge < -0.3 is 5.11 Å². The van der Waals surface area contributed by atoms with Crippen molar-refractivity contribution in [1.29, 1.82) is 0 Å². The van der Waals surface area contributed by atoms with Gasteiger partial charge in [0, 0.05) is 6.54 Å². The van der Waals surface area contributed by atoms with Crippen LogP contribution >= 0.6 is 0 Å². The molecule has 3 N–H and O–H groups in total. The average Bonchev–Trinajstić information content (AvgIpc) is 2.75. The first-order chi connectivity index (χ1) is 8.42. The smallest absolute Gasteiger partial charge is 0.244 e. The normalized spacial score (nSPS) is 14.1. The van der Waals surface area contributed by atoms with Gasteiger partial charge in [0.2, 0.25) is 10.0 Å². The Hall–Kier alpha value is -0.920. The van der Waals surface area contributed by atoms with E-state index in [-0.39, 0.29) is 17.4 Å². The molecule has 0 aromatic carbocycles. The van der Waals surface area contributed by atoms with Crippen LogP contribution in [0.3, 0.4) is 0 Å². The van der Waals surface area contributed by atoms with Gasteiger partial charge in [-0.05, 0) is 12.8 Å². The van der Waals surface area contributed by atoms with Gasteiger partial charge in [0.15, 0.2) is 0 Å². The third-order valence-corrected chi connectivity index (χ3v) is 4.69. The van der Waals surface area contributed by atoms with Gasteiger partial charge in [0.05, 0.1) is 18.0 Å². The zero-order chi connectivity index (χ0) is 13.8. The number of hydrogen-bond donors (Lipinski definition) is 3. The number of aliphatic hydroxyl groups excluding tert-OH is 1. The molecule has 0 fully saturated rings. The minimum atomic E-state index is -3.60. The summed E-state index contributed by atoms with van der Waals surface area (Å²) in [6, 6.07) is 0. The first kappa shape index (κ1) is 15.1. The Labute approximate surface area is 108 Å². The summed E-state index contributed by atoms with van der Waals surface area (Å²) in [5.74, 6) is 0.109. The topological polar surface area (TPSA) is 95.1 Å². The first-order valence-electron chi connectivity index (χ1n) is 6.10. The van der Waals surface area contributed by atoms with Crippen LogP contribution in [0, 0.1) is 12.8 Å². The highest BCUT2D eigenvalue weighted by atomic mass is 32.2. The lowest BCUT2D eigenvalue weighted by Crippen LogP contribution is -2.36. The summed E-state index contributed by atoms with van der Waals surface area (Å²) >= 11 is 0. The van der Waals surface area contributed by atoms with Gasteiger partial charge in [0.25, 0.3) is 0 Å². The molecule has 1 rings (SSSR count). The van der Waals surface area contributed by atoms with Crippen LogP contribution in [0.1, 0.15) is 32.4 Å². The van der Waals surface area contributed by atoms with Crippen LogP contribution in [-0.2, 0) is 10.0 Å². The molecule has 0 bridgehead atoms. The molecule has 0 amide bonds. The fourth-order valence-corrected chi connectivity index (χ4v) is 3.07. The lowest BCUT2D eigenvalue weighted by atomic mass is 9.97. The number of hydrogen-bond acceptors (Lipinski definition) is 4. The van der Waals surface area contributed by atoms with Crippen molar-refractivity contribution in [2.75, 3.05) is 6.54 Å². The fraction of sp³-hybridized carbons (Fsp3) is 0.727. The van der Waals surface area contributed by atoms with Crippen molar-refractivity contribution < 1.29 is 13.5 Å². The molecule has 0 radical (unpaired) electrons. The molecule has 0 saturated heterocycles. The number of aliphatic hydroxyl groups is 1. The molecular weight excluding hydrogens is 254 g/mol. The summed E-state index contributed by atoms with van der Waals surface area (Å²) in [6.45, 7) is 5.62. The quantitative estimate of drug-likeness (QED) is 0.685. The number of aryl methyl sites for hydroxylation is 1. The molecule has 0 aliphatic carbocycles. The van der Waals surface area contributed by atoms with Gasteiger partial charge >= 0.3 is 0 Å². The standard InChI is InChI=1S/C11H21N3O3S/c1-4-9(5-2)10(15)6-13-18(16,17)11-7-12-14-8(11)3/h7,9-10,13,15H,4-6H2,1-3H3,(H,12,14). The summed E-state index contributed by atoms with van der Waals surface area (Å²) in [5, 5.41) is 16.1. The number of aromatic amines is 1. The molecule has 0 spiro atoms. The van der Waals surface area contributed by atoms with Crippen LogP contribution in [0.5, 0.6) is 0 Å². The highest BCUT2D eigenvalue weighted by Gasteiger charge is 2.22. The number of rotatable bonds is 7. The van der Waals surface area contributed by atoms with E-state index in [1.807, 2.05) is 13.8 Å². The molecule has 1 heterocycles. The SMILES string of the molecule is CCC(CC)C(O)CNS(=O)(=O)c1cn[nH]c1C. The van der Waals surface area contributed by atoms with Gasteiger partial charge in [-0.15, -0.1) is 0 Å². The zero-order valence-corrected chi connectivity index (χ0v) is 11.8. The van der Waals surface area contributed by atoms with E-state index in [4.69, 9.17) is 0 Å². The Morgan fingerprint density at radius 1 is 1.44 bits per heavy atom. The molecule has 1 atom stereocenters. The van der Waals surface area contributed by atoms with Crippen LogP contribution in [0.4, 0.5) is 0 Å². The van der Waals surface area contributed by atoms with E-state index >= 15 is 0 Å². The van der Waals surface area contributed by atoms with Crippen molar-refractivity contribution in [1.82, 2.24) is 14.9 Å². The molecular formula is C11H21N3O3S. The van der Waals surface area contributed by atoms with E-state index in [1.54, 1.807) is 6.92 Å². The first-order valence-corrected chi connectivity index (χ1v) is 7.58. The molecule has 104 valence electrons. The summed E-state index contributed by atoms with van der Waals surface area (Å²) in [4.78, 5) is 0.124. The van der Waals surface area contributed by atoms with Crippen LogP contribution in [0.15, 0.2) is 11.1 Å². The van der Waals surface area contributed by atoms with E-state index < -0.39 is 16.1 Å². The van der Waals surface area contributed by atoms with Gasteiger partial charge in [-0.1, -0.05) is 26.7 Å². The molecule has 1 aromatic rings. The molecule has 1 aromatic heterocycles. The van der Waals surface area contributed by atoms with Gasteiger partial charge in [-0.3, -0.25) is 5.10 Å². The van der Waals surface area contributed by atoms with Crippen molar-refractivity contribution in [3.05, 3.63) is 11.9 Å². The zero-order valence-electron chi connectivity index (χ0n) is 11.0. The third kappa shape index (κ3) is 3.54. The Kier molecular flexibility index (Phi) is 5.30. The van der Waals surface area contributed by atoms with Gasteiger partial charge in [-0.25, -0.2) is 13.1 Å². The monoisotopic (exact) mass is 275 g/mol. The highest BCUT2D eigenvalue weighted by Crippen LogP contribution is 2.14. The van der Waals surface area contributed by atoms with E-state index in [2.05, 4.69) is 14.9 Å². The second-order valence-corrected chi connectivity index (χ2v) is 6.09. The van der Waals surface area contributed by atoms with Crippen molar-refractivity contribution in [2.45, 2.75) is 44.6 Å². The minimum absolute atomic E-state index is 0.0271. The number of nitrogens with zero attached hydrogens (tertiary/aromatic N) is 1. The van der Waals surface area contributed by atoms with Crippen LogP contribution in [0.25, 0.3) is 0 Å². The third-order valence-electron chi connectivity index (χ3n) is 3.15. The lowest BCUT2D eigenvalue weighted by molar-refractivity contribution is 0.107.